The van der Waals surface area contributed by atoms with Crippen LogP contribution < -0.4 is 5.32 Å². The Bertz CT molecular complexity index is 392. The van der Waals surface area contributed by atoms with E-state index in [1.807, 2.05) is 0 Å². The summed E-state index contributed by atoms with van der Waals surface area (Å²) in [5.74, 6) is 0.707. The Hall–Kier alpha value is -0.490. The molecule has 6 heteroatoms. The summed E-state index contributed by atoms with van der Waals surface area (Å²) in [6.45, 7) is 2.76. The van der Waals surface area contributed by atoms with Crippen LogP contribution in [0.5, 0.6) is 0 Å². The minimum Gasteiger partial charge on any atom is -0.350 e. The molecule has 94 valence electrons. The molecule has 1 aromatic heterocycles. The number of carbonyl (C=O) groups is 1. The van der Waals surface area contributed by atoms with Crippen molar-refractivity contribution >= 4 is 33.4 Å². The molecule has 1 fully saturated rings. The normalized spacial score (nSPS) is 16.8. The van der Waals surface area contributed by atoms with Crippen LogP contribution in [0.2, 0.25) is 0 Å². The van der Waals surface area contributed by atoms with E-state index >= 15 is 0 Å². The molecular formula is C11H16BrN3OS. The van der Waals surface area contributed by atoms with E-state index in [4.69, 9.17) is 0 Å². The molecule has 0 saturated heterocycles. The van der Waals surface area contributed by atoms with Crippen LogP contribution in [0.4, 0.5) is 0 Å². The quantitative estimate of drug-likeness (QED) is 0.820. The first-order valence-corrected chi connectivity index (χ1v) is 7.64. The van der Waals surface area contributed by atoms with E-state index in [-0.39, 0.29) is 5.91 Å². The van der Waals surface area contributed by atoms with Crippen LogP contribution in [-0.4, -0.2) is 26.9 Å². The Morgan fingerprint density at radius 1 is 1.65 bits per heavy atom. The monoisotopic (exact) mass is 317 g/mol. The zero-order valence-electron chi connectivity index (χ0n) is 9.78. The molecule has 17 heavy (non-hydrogen) atoms. The minimum absolute atomic E-state index is 0.0337. The molecule has 1 amide bonds. The minimum atomic E-state index is -0.0337. The third-order valence-corrected chi connectivity index (χ3v) is 4.68. The van der Waals surface area contributed by atoms with Crippen molar-refractivity contribution in [1.82, 2.24) is 14.9 Å². The summed E-state index contributed by atoms with van der Waals surface area (Å²) in [5.41, 5.74) is 0.826. The van der Waals surface area contributed by atoms with Crippen molar-refractivity contribution in [2.45, 2.75) is 37.4 Å². The second-order valence-electron chi connectivity index (χ2n) is 4.36. The largest absolute Gasteiger partial charge is 0.350 e. The van der Waals surface area contributed by atoms with E-state index in [0.29, 0.717) is 16.2 Å². The third kappa shape index (κ3) is 3.48. The predicted molar refractivity (Wildman–Crippen MR) is 71.7 cm³/mol. The maximum atomic E-state index is 11.9. The lowest BCUT2D eigenvalue weighted by Crippen LogP contribution is -2.30. The number of nitrogens with one attached hydrogen (secondary N) is 1. The molecular weight excluding hydrogens is 302 g/mol. The van der Waals surface area contributed by atoms with E-state index in [2.05, 4.69) is 37.8 Å². The van der Waals surface area contributed by atoms with Gasteiger partial charge in [0.25, 0.3) is 5.91 Å². The third-order valence-electron chi connectivity index (χ3n) is 2.84. The lowest BCUT2D eigenvalue weighted by Gasteiger charge is -2.09. The molecule has 1 heterocycles. The maximum Gasteiger partial charge on any atom is 0.264 e. The van der Waals surface area contributed by atoms with E-state index in [9.17, 15) is 4.79 Å². The van der Waals surface area contributed by atoms with E-state index in [0.717, 1.165) is 24.5 Å². The Balaban J connectivity index is 1.87. The topological polar surface area (TPSA) is 54.9 Å². The highest BCUT2D eigenvalue weighted by Crippen LogP contribution is 2.36. The highest BCUT2D eigenvalue weighted by Gasteiger charge is 2.29. The number of nitrogens with zero attached hydrogens (tertiary/aromatic N) is 2. The Kier molecular flexibility index (Phi) is 4.50. The van der Waals surface area contributed by atoms with Crippen LogP contribution in [0.15, 0.2) is 0 Å². The van der Waals surface area contributed by atoms with Crippen LogP contribution >= 0.6 is 27.5 Å². The van der Waals surface area contributed by atoms with Gasteiger partial charge < -0.3 is 5.32 Å². The van der Waals surface area contributed by atoms with Gasteiger partial charge in [0.2, 0.25) is 0 Å². The predicted octanol–water partition coefficient (Wildman–Crippen LogP) is 2.39. The van der Waals surface area contributed by atoms with Crippen LogP contribution in [0.3, 0.4) is 0 Å². The van der Waals surface area contributed by atoms with Gasteiger partial charge in [-0.1, -0.05) is 33.8 Å². The van der Waals surface area contributed by atoms with Crippen LogP contribution in [0, 0.1) is 5.92 Å². The molecule has 4 nitrogen and oxygen atoms in total. The lowest BCUT2D eigenvalue weighted by molar-refractivity contribution is 0.0956. The molecule has 1 atom stereocenters. The molecule has 1 N–H and O–H groups in total. The molecule has 1 saturated carbocycles. The zero-order chi connectivity index (χ0) is 12.3. The number of halogens is 1. The molecule has 1 aliphatic carbocycles. The summed E-state index contributed by atoms with van der Waals surface area (Å²) >= 11 is 4.79. The van der Waals surface area contributed by atoms with Crippen molar-refractivity contribution < 1.29 is 4.79 Å². The lowest BCUT2D eigenvalue weighted by atomic mass is 10.2. The van der Waals surface area contributed by atoms with E-state index < -0.39 is 0 Å². The number of hydrogen-bond donors (Lipinski definition) is 1. The first kappa shape index (κ1) is 13.0. The zero-order valence-corrected chi connectivity index (χ0v) is 12.2. The first-order chi connectivity index (χ1) is 8.22. The van der Waals surface area contributed by atoms with Crippen molar-refractivity contribution in [3.05, 3.63) is 10.6 Å². The van der Waals surface area contributed by atoms with E-state index in [1.54, 1.807) is 0 Å². The molecule has 0 spiro atoms. The van der Waals surface area contributed by atoms with Gasteiger partial charge in [0, 0.05) is 11.4 Å². The van der Waals surface area contributed by atoms with Crippen LogP contribution in [-0.2, 0) is 6.42 Å². The van der Waals surface area contributed by atoms with Crippen molar-refractivity contribution in [1.29, 1.82) is 0 Å². The van der Waals surface area contributed by atoms with E-state index in [1.165, 1.54) is 24.4 Å². The number of alkyl halides is 1. The van der Waals surface area contributed by atoms with Crippen molar-refractivity contribution in [3.63, 3.8) is 0 Å². The molecule has 2 rings (SSSR count). The Morgan fingerprint density at radius 2 is 2.41 bits per heavy atom. The summed E-state index contributed by atoms with van der Waals surface area (Å²) in [7, 11) is 0. The van der Waals surface area contributed by atoms with Gasteiger partial charge in [0.1, 0.15) is 4.88 Å². The highest BCUT2D eigenvalue weighted by molar-refractivity contribution is 9.09. The number of rotatable bonds is 6. The second-order valence-corrected chi connectivity index (χ2v) is 6.29. The molecule has 0 radical (unpaired) electrons. The molecule has 0 aliphatic heterocycles. The van der Waals surface area contributed by atoms with Crippen molar-refractivity contribution in [3.8, 4) is 0 Å². The van der Waals surface area contributed by atoms with Gasteiger partial charge in [0.05, 0.1) is 5.69 Å². The van der Waals surface area contributed by atoms with Crippen LogP contribution in [0.25, 0.3) is 0 Å². The molecule has 0 aromatic carbocycles. The molecule has 0 bridgehead atoms. The highest BCUT2D eigenvalue weighted by atomic mass is 79.9. The van der Waals surface area contributed by atoms with Crippen molar-refractivity contribution in [2.24, 2.45) is 5.92 Å². The van der Waals surface area contributed by atoms with Crippen molar-refractivity contribution in [2.75, 3.05) is 6.54 Å². The van der Waals surface area contributed by atoms with Gasteiger partial charge in [-0.2, -0.15) is 0 Å². The summed E-state index contributed by atoms with van der Waals surface area (Å²) < 4.78 is 3.86. The fourth-order valence-corrected chi connectivity index (χ4v) is 2.99. The summed E-state index contributed by atoms with van der Waals surface area (Å²) in [6.07, 6.45) is 4.35. The first-order valence-electron chi connectivity index (χ1n) is 5.95. The fourth-order valence-electron chi connectivity index (χ4n) is 1.68. The van der Waals surface area contributed by atoms with Gasteiger partial charge in [-0.3, -0.25) is 4.79 Å². The fraction of sp³-hybridized carbons (Fsp3) is 0.727. The number of aryl methyl sites for hydroxylation is 1. The average Bonchev–Trinajstić information content (AvgIpc) is 3.07. The maximum absolute atomic E-state index is 11.9. The molecule has 1 unspecified atom stereocenters. The van der Waals surface area contributed by atoms with Gasteiger partial charge in [-0.05, 0) is 36.7 Å². The molecule has 1 aromatic rings. The number of amides is 1. The van der Waals surface area contributed by atoms with Gasteiger partial charge in [-0.25, -0.2) is 0 Å². The molecule has 1 aliphatic rings. The second kappa shape index (κ2) is 5.91. The standard InChI is InChI=1S/C11H16BrN3OS/c1-2-3-9-10(17-15-14-9)11(16)13-6-8(12)7-4-5-7/h7-8H,2-6H2,1H3,(H,13,16). The Morgan fingerprint density at radius 3 is 3.06 bits per heavy atom. The summed E-state index contributed by atoms with van der Waals surface area (Å²) in [4.78, 5) is 13.0. The SMILES string of the molecule is CCCc1nnsc1C(=O)NCC(Br)C1CC1. The Labute approximate surface area is 113 Å². The summed E-state index contributed by atoms with van der Waals surface area (Å²) in [6, 6.07) is 0. The van der Waals surface area contributed by atoms with Gasteiger partial charge in [-0.15, -0.1) is 5.10 Å². The van der Waals surface area contributed by atoms with Gasteiger partial charge >= 0.3 is 0 Å². The van der Waals surface area contributed by atoms with Crippen LogP contribution in [0.1, 0.15) is 41.6 Å². The number of hydrogen-bond acceptors (Lipinski definition) is 4. The smallest absolute Gasteiger partial charge is 0.264 e. The number of aromatic nitrogens is 2. The average molecular weight is 318 g/mol. The van der Waals surface area contributed by atoms with Gasteiger partial charge in [0.15, 0.2) is 0 Å². The number of carbonyl (C=O) groups excluding carboxylic acids is 1. The summed E-state index contributed by atoms with van der Waals surface area (Å²) in [5, 5.41) is 6.95.